The van der Waals surface area contributed by atoms with Gasteiger partial charge in [-0.1, -0.05) is 15.9 Å². The van der Waals surface area contributed by atoms with Crippen molar-refractivity contribution in [3.63, 3.8) is 0 Å². The van der Waals surface area contributed by atoms with Crippen LogP contribution in [0.2, 0.25) is 0 Å². The van der Waals surface area contributed by atoms with Gasteiger partial charge in [0.1, 0.15) is 0 Å². The van der Waals surface area contributed by atoms with Crippen LogP contribution in [0, 0.1) is 6.92 Å². The number of nitrogens with one attached hydrogen (secondary N) is 1. The molecule has 90 valence electrons. The maximum atomic E-state index is 11.1. The van der Waals surface area contributed by atoms with Crippen molar-refractivity contribution in [3.05, 3.63) is 33.9 Å². The molecule has 0 unspecified atom stereocenters. The fourth-order valence-electron chi connectivity index (χ4n) is 1.85. The Kier molecular flexibility index (Phi) is 3.52. The van der Waals surface area contributed by atoms with Crippen molar-refractivity contribution < 1.29 is 9.53 Å². The third kappa shape index (κ3) is 2.52. The van der Waals surface area contributed by atoms with Gasteiger partial charge in [-0.2, -0.15) is 0 Å². The number of carbonyl (C=O) groups excluding carboxylic acids is 1. The summed E-state index contributed by atoms with van der Waals surface area (Å²) >= 11 is 3.52. The van der Waals surface area contributed by atoms with Crippen molar-refractivity contribution in [3.8, 4) is 0 Å². The highest BCUT2D eigenvalue weighted by Crippen LogP contribution is 2.26. The molecule has 0 radical (unpaired) electrons. The van der Waals surface area contributed by atoms with E-state index in [0.717, 1.165) is 20.9 Å². The van der Waals surface area contributed by atoms with Gasteiger partial charge in [0.15, 0.2) is 0 Å². The number of hydrogen-bond donors (Lipinski definition) is 1. The monoisotopic (exact) mass is 295 g/mol. The average Bonchev–Trinajstić information content (AvgIpc) is 2.69. The number of methoxy groups -OCH3 is 1. The normalized spacial score (nSPS) is 10.8. The molecule has 0 amide bonds. The van der Waals surface area contributed by atoms with Crippen LogP contribution in [0.25, 0.3) is 10.9 Å². The summed E-state index contributed by atoms with van der Waals surface area (Å²) in [5.41, 5.74) is 3.44. The molecule has 0 atom stereocenters. The van der Waals surface area contributed by atoms with Crippen LogP contribution in [0.15, 0.2) is 22.8 Å². The third-order valence-electron chi connectivity index (χ3n) is 2.87. The lowest BCUT2D eigenvalue weighted by Crippen LogP contribution is -2.01. The van der Waals surface area contributed by atoms with Crippen LogP contribution in [-0.4, -0.2) is 18.1 Å². The van der Waals surface area contributed by atoms with Gasteiger partial charge in [0.25, 0.3) is 0 Å². The fourth-order valence-corrected chi connectivity index (χ4v) is 2.20. The Labute approximate surface area is 108 Å². The van der Waals surface area contributed by atoms with Crippen LogP contribution in [0.1, 0.15) is 17.5 Å². The second-order valence-corrected chi connectivity index (χ2v) is 4.89. The molecular weight excluding hydrogens is 282 g/mol. The molecule has 0 aliphatic carbocycles. The molecule has 3 nitrogen and oxygen atoms in total. The number of ether oxygens (including phenoxy) is 1. The molecule has 1 aromatic heterocycles. The molecule has 1 N–H and O–H groups in total. The van der Waals surface area contributed by atoms with Crippen LogP contribution in [-0.2, 0) is 16.0 Å². The first-order valence-corrected chi connectivity index (χ1v) is 6.24. The molecule has 0 fully saturated rings. The predicted octanol–water partition coefficient (Wildman–Crippen LogP) is 3.34. The van der Waals surface area contributed by atoms with E-state index in [1.807, 2.05) is 6.20 Å². The van der Waals surface area contributed by atoms with E-state index < -0.39 is 0 Å². The standard InChI is InChI=1S/C13H14BrNO2/c1-8-5-12-10(6-11(8)14)9(7-15-12)3-4-13(16)17-2/h5-7,15H,3-4H2,1-2H3. The largest absolute Gasteiger partial charge is 0.469 e. The Hall–Kier alpha value is -1.29. The number of esters is 1. The molecule has 0 saturated carbocycles. The first-order valence-electron chi connectivity index (χ1n) is 5.44. The molecule has 0 saturated heterocycles. The fraction of sp³-hybridized carbons (Fsp3) is 0.308. The molecule has 1 heterocycles. The van der Waals surface area contributed by atoms with E-state index in [-0.39, 0.29) is 5.97 Å². The average molecular weight is 296 g/mol. The minimum absolute atomic E-state index is 0.175. The second-order valence-electron chi connectivity index (χ2n) is 4.04. The summed E-state index contributed by atoms with van der Waals surface area (Å²) < 4.78 is 5.73. The number of aromatic amines is 1. The topological polar surface area (TPSA) is 42.1 Å². The summed E-state index contributed by atoms with van der Waals surface area (Å²) in [6.45, 7) is 2.05. The number of fused-ring (bicyclic) bond motifs is 1. The molecule has 2 aromatic rings. The molecule has 0 bridgehead atoms. The molecule has 2 rings (SSSR count). The van der Waals surface area contributed by atoms with Gasteiger partial charge < -0.3 is 9.72 Å². The molecule has 0 aliphatic heterocycles. The van der Waals surface area contributed by atoms with E-state index in [2.05, 4.69) is 44.7 Å². The van der Waals surface area contributed by atoms with E-state index in [9.17, 15) is 4.79 Å². The summed E-state index contributed by atoms with van der Waals surface area (Å²) in [7, 11) is 1.41. The predicted molar refractivity (Wildman–Crippen MR) is 71.1 cm³/mol. The number of H-pyrrole nitrogens is 1. The van der Waals surface area contributed by atoms with Gasteiger partial charge in [-0.25, -0.2) is 0 Å². The minimum atomic E-state index is -0.175. The van der Waals surface area contributed by atoms with Gasteiger partial charge in [0, 0.05) is 28.0 Å². The zero-order chi connectivity index (χ0) is 12.4. The number of carbonyl (C=O) groups is 1. The van der Waals surface area contributed by atoms with Gasteiger partial charge in [-0.05, 0) is 36.6 Å². The molecule has 1 aromatic carbocycles. The number of aromatic nitrogens is 1. The number of rotatable bonds is 3. The van der Waals surface area contributed by atoms with Crippen molar-refractivity contribution in [2.45, 2.75) is 19.8 Å². The Morgan fingerprint density at radius 2 is 2.24 bits per heavy atom. The van der Waals surface area contributed by atoms with E-state index in [0.29, 0.717) is 12.8 Å². The van der Waals surface area contributed by atoms with Gasteiger partial charge in [-0.3, -0.25) is 4.79 Å². The summed E-state index contributed by atoms with van der Waals surface area (Å²) in [6, 6.07) is 4.19. The lowest BCUT2D eigenvalue weighted by Gasteiger charge is -2.01. The van der Waals surface area contributed by atoms with Gasteiger partial charge in [0.2, 0.25) is 0 Å². The summed E-state index contributed by atoms with van der Waals surface area (Å²) in [6.07, 6.45) is 3.07. The zero-order valence-corrected chi connectivity index (χ0v) is 11.4. The third-order valence-corrected chi connectivity index (χ3v) is 3.73. The Balaban J connectivity index is 2.29. The SMILES string of the molecule is COC(=O)CCc1c[nH]c2cc(C)c(Br)cc12. The first-order chi connectivity index (χ1) is 8.11. The highest BCUT2D eigenvalue weighted by atomic mass is 79.9. The van der Waals surface area contributed by atoms with Crippen LogP contribution < -0.4 is 0 Å². The minimum Gasteiger partial charge on any atom is -0.469 e. The highest BCUT2D eigenvalue weighted by molar-refractivity contribution is 9.10. The van der Waals surface area contributed by atoms with E-state index >= 15 is 0 Å². The first kappa shape index (κ1) is 12.2. The highest BCUT2D eigenvalue weighted by Gasteiger charge is 2.08. The lowest BCUT2D eigenvalue weighted by atomic mass is 10.1. The molecule has 4 heteroatoms. The van der Waals surface area contributed by atoms with Gasteiger partial charge >= 0.3 is 5.97 Å². The van der Waals surface area contributed by atoms with Crippen molar-refractivity contribution in [1.82, 2.24) is 4.98 Å². The summed E-state index contributed by atoms with van der Waals surface area (Å²) in [4.78, 5) is 14.3. The number of aryl methyl sites for hydroxylation is 2. The quantitative estimate of drug-likeness (QED) is 0.883. The van der Waals surface area contributed by atoms with Crippen LogP contribution >= 0.6 is 15.9 Å². The second kappa shape index (κ2) is 4.92. The number of hydrogen-bond acceptors (Lipinski definition) is 2. The Morgan fingerprint density at radius 1 is 1.47 bits per heavy atom. The molecular formula is C13H14BrNO2. The van der Waals surface area contributed by atoms with Crippen LogP contribution in [0.3, 0.4) is 0 Å². The number of halogens is 1. The Morgan fingerprint density at radius 3 is 2.94 bits per heavy atom. The summed E-state index contributed by atoms with van der Waals surface area (Å²) in [5, 5.41) is 1.16. The van der Waals surface area contributed by atoms with Crippen molar-refractivity contribution >= 4 is 32.8 Å². The van der Waals surface area contributed by atoms with Crippen molar-refractivity contribution in [2.24, 2.45) is 0 Å². The maximum absolute atomic E-state index is 11.1. The van der Waals surface area contributed by atoms with E-state index in [1.165, 1.54) is 12.7 Å². The van der Waals surface area contributed by atoms with Gasteiger partial charge in [0.05, 0.1) is 7.11 Å². The van der Waals surface area contributed by atoms with Crippen molar-refractivity contribution in [1.29, 1.82) is 0 Å². The smallest absolute Gasteiger partial charge is 0.305 e. The van der Waals surface area contributed by atoms with Gasteiger partial charge in [-0.15, -0.1) is 0 Å². The Bertz CT molecular complexity index is 560. The zero-order valence-electron chi connectivity index (χ0n) is 9.84. The van der Waals surface area contributed by atoms with Crippen LogP contribution in [0.4, 0.5) is 0 Å². The summed E-state index contributed by atoms with van der Waals surface area (Å²) in [5.74, 6) is -0.175. The van der Waals surface area contributed by atoms with Crippen LogP contribution in [0.5, 0.6) is 0 Å². The number of benzene rings is 1. The van der Waals surface area contributed by atoms with E-state index in [4.69, 9.17) is 0 Å². The van der Waals surface area contributed by atoms with Crippen molar-refractivity contribution in [2.75, 3.05) is 7.11 Å². The van der Waals surface area contributed by atoms with E-state index in [1.54, 1.807) is 0 Å². The molecule has 0 spiro atoms. The molecule has 0 aliphatic rings. The maximum Gasteiger partial charge on any atom is 0.305 e. The lowest BCUT2D eigenvalue weighted by molar-refractivity contribution is -0.140. The molecule has 17 heavy (non-hydrogen) atoms.